The maximum absolute atomic E-state index is 12.2. The zero-order valence-electron chi connectivity index (χ0n) is 17.5. The number of carbonyl (C=O) groups excluding carboxylic acids is 2. The first-order chi connectivity index (χ1) is 16.2. The average molecular weight is 514 g/mol. The summed E-state index contributed by atoms with van der Waals surface area (Å²) in [6.07, 6.45) is -4.89. The monoisotopic (exact) mass is 513 g/mol. The van der Waals surface area contributed by atoms with Crippen LogP contribution in [0.1, 0.15) is 26.6 Å². The number of carbonyl (C=O) groups is 2. The second kappa shape index (κ2) is 11.7. The van der Waals surface area contributed by atoms with Crippen molar-refractivity contribution in [3.63, 3.8) is 0 Å². The van der Waals surface area contributed by atoms with E-state index in [9.17, 15) is 22.8 Å². The molecular formula is C22H19ClF3N3O4S. The Hall–Kier alpha value is -3.31. The lowest BCUT2D eigenvalue weighted by atomic mass is 10.1. The number of benzene rings is 2. The number of aromatic nitrogens is 1. The number of hydrogen-bond donors (Lipinski definition) is 2. The zero-order chi connectivity index (χ0) is 24.6. The number of ether oxygens (including phenoxy) is 2. The molecule has 0 unspecified atom stereocenters. The van der Waals surface area contributed by atoms with Crippen molar-refractivity contribution in [2.45, 2.75) is 25.9 Å². The SMILES string of the molecule is O=C(NCc1nc(C(=O)NCCc2cccc(Cl)c2)cs1)OCc1ccc(OC(F)(F)F)cc1. The molecule has 3 rings (SSSR count). The van der Waals surface area contributed by atoms with Gasteiger partial charge in [0.05, 0.1) is 6.54 Å². The minimum atomic E-state index is -4.77. The van der Waals surface area contributed by atoms with Crippen molar-refractivity contribution >= 4 is 34.9 Å². The van der Waals surface area contributed by atoms with Crippen LogP contribution in [-0.2, 0) is 24.3 Å². The van der Waals surface area contributed by atoms with E-state index in [2.05, 4.69) is 20.4 Å². The average Bonchev–Trinajstić information content (AvgIpc) is 3.25. The second-order valence-electron chi connectivity index (χ2n) is 6.88. The highest BCUT2D eigenvalue weighted by Gasteiger charge is 2.30. The van der Waals surface area contributed by atoms with Crippen molar-refractivity contribution in [1.29, 1.82) is 0 Å². The molecule has 0 saturated carbocycles. The van der Waals surface area contributed by atoms with E-state index in [1.165, 1.54) is 23.5 Å². The molecule has 1 aromatic heterocycles. The van der Waals surface area contributed by atoms with Crippen LogP contribution in [0, 0.1) is 0 Å². The first kappa shape index (κ1) is 25.3. The van der Waals surface area contributed by atoms with Crippen LogP contribution in [-0.4, -0.2) is 29.9 Å². The molecular weight excluding hydrogens is 495 g/mol. The number of halogens is 4. The molecule has 2 N–H and O–H groups in total. The molecule has 3 aromatic rings. The van der Waals surface area contributed by atoms with E-state index in [0.29, 0.717) is 28.6 Å². The lowest BCUT2D eigenvalue weighted by molar-refractivity contribution is -0.274. The summed E-state index contributed by atoms with van der Waals surface area (Å²) in [5, 5.41) is 8.00. The van der Waals surface area contributed by atoms with E-state index < -0.39 is 12.5 Å². The molecule has 0 saturated heterocycles. The summed E-state index contributed by atoms with van der Waals surface area (Å²) in [5.41, 5.74) is 1.72. The van der Waals surface area contributed by atoms with Crippen LogP contribution < -0.4 is 15.4 Å². The summed E-state index contributed by atoms with van der Waals surface area (Å²) >= 11 is 7.15. The Kier molecular flexibility index (Phi) is 8.72. The molecule has 1 heterocycles. The number of nitrogens with one attached hydrogen (secondary N) is 2. The molecule has 0 aliphatic rings. The van der Waals surface area contributed by atoms with Crippen LogP contribution in [0.3, 0.4) is 0 Å². The molecule has 180 valence electrons. The van der Waals surface area contributed by atoms with Crippen LogP contribution in [0.4, 0.5) is 18.0 Å². The van der Waals surface area contributed by atoms with Gasteiger partial charge in [-0.3, -0.25) is 4.79 Å². The van der Waals surface area contributed by atoms with Crippen molar-refractivity contribution in [2.24, 2.45) is 0 Å². The quantitative estimate of drug-likeness (QED) is 0.416. The predicted octanol–water partition coefficient (Wildman–Crippen LogP) is 5.09. The van der Waals surface area contributed by atoms with Crippen LogP contribution in [0.2, 0.25) is 5.02 Å². The molecule has 0 fully saturated rings. The first-order valence-corrected chi connectivity index (χ1v) is 11.2. The molecule has 0 aliphatic carbocycles. The van der Waals surface area contributed by atoms with E-state index in [1.54, 1.807) is 11.4 Å². The van der Waals surface area contributed by atoms with Gasteiger partial charge in [0.15, 0.2) is 0 Å². The molecule has 0 radical (unpaired) electrons. The van der Waals surface area contributed by atoms with Crippen LogP contribution >= 0.6 is 22.9 Å². The first-order valence-electron chi connectivity index (χ1n) is 9.90. The third-order valence-corrected chi connectivity index (χ3v) is 5.37. The number of rotatable bonds is 9. The standard InChI is InChI=1S/C22H19ClF3N3O4S/c23-16-3-1-2-14(10-16)8-9-27-20(30)18-13-34-19(29-18)11-28-21(31)32-12-15-4-6-17(7-5-15)33-22(24,25)26/h1-7,10,13H,8-9,11-12H2,(H,27,30)(H,28,31). The molecule has 34 heavy (non-hydrogen) atoms. The van der Waals surface area contributed by atoms with Crippen molar-refractivity contribution in [1.82, 2.24) is 15.6 Å². The number of alkyl carbamates (subject to hydrolysis) is 1. The van der Waals surface area contributed by atoms with Gasteiger partial charge in [-0.05, 0) is 41.8 Å². The van der Waals surface area contributed by atoms with Gasteiger partial charge < -0.3 is 20.1 Å². The normalized spacial score (nSPS) is 11.1. The van der Waals surface area contributed by atoms with Crippen LogP contribution in [0.5, 0.6) is 5.75 Å². The van der Waals surface area contributed by atoms with E-state index >= 15 is 0 Å². The summed E-state index contributed by atoms with van der Waals surface area (Å²) in [6, 6.07) is 12.3. The van der Waals surface area contributed by atoms with Crippen molar-refractivity contribution in [3.05, 3.63) is 80.8 Å². The Morgan fingerprint density at radius 2 is 1.82 bits per heavy atom. The highest BCUT2D eigenvalue weighted by molar-refractivity contribution is 7.09. The Labute approximate surface area is 201 Å². The fourth-order valence-corrected chi connectivity index (χ4v) is 3.66. The minimum absolute atomic E-state index is 0.0532. The van der Waals surface area contributed by atoms with E-state index in [4.69, 9.17) is 16.3 Å². The van der Waals surface area contributed by atoms with Gasteiger partial charge in [-0.2, -0.15) is 0 Å². The minimum Gasteiger partial charge on any atom is -0.445 e. The highest BCUT2D eigenvalue weighted by Crippen LogP contribution is 2.23. The maximum atomic E-state index is 12.2. The number of thiazole rings is 1. The van der Waals surface area contributed by atoms with E-state index in [-0.39, 0.29) is 30.5 Å². The molecule has 7 nitrogen and oxygen atoms in total. The summed E-state index contributed by atoms with van der Waals surface area (Å²) in [6.45, 7) is 0.327. The van der Waals surface area contributed by atoms with Gasteiger partial charge in [0.25, 0.3) is 5.91 Å². The lowest BCUT2D eigenvalue weighted by Gasteiger charge is -2.09. The zero-order valence-corrected chi connectivity index (χ0v) is 19.1. The largest absolute Gasteiger partial charge is 0.573 e. The fraction of sp³-hybridized carbons (Fsp3) is 0.227. The van der Waals surface area contributed by atoms with Crippen molar-refractivity contribution in [3.8, 4) is 5.75 Å². The highest BCUT2D eigenvalue weighted by atomic mass is 35.5. The number of hydrogen-bond acceptors (Lipinski definition) is 6. The molecule has 0 atom stereocenters. The van der Waals surface area contributed by atoms with Gasteiger partial charge in [-0.15, -0.1) is 24.5 Å². The Morgan fingerprint density at radius 1 is 1.06 bits per heavy atom. The molecule has 2 amide bonds. The van der Waals surface area contributed by atoms with Gasteiger partial charge in [0.1, 0.15) is 23.1 Å². The topological polar surface area (TPSA) is 89.6 Å². The molecule has 2 aromatic carbocycles. The molecule has 0 bridgehead atoms. The summed E-state index contributed by atoms with van der Waals surface area (Å²) in [5.74, 6) is -0.696. The molecule has 12 heteroatoms. The molecule has 0 spiro atoms. The van der Waals surface area contributed by atoms with Crippen LogP contribution in [0.15, 0.2) is 53.9 Å². The van der Waals surface area contributed by atoms with Gasteiger partial charge in [0.2, 0.25) is 0 Å². The summed E-state index contributed by atoms with van der Waals surface area (Å²) in [4.78, 5) is 28.3. The smallest absolute Gasteiger partial charge is 0.445 e. The summed E-state index contributed by atoms with van der Waals surface area (Å²) in [7, 11) is 0. The number of amides is 2. The molecule has 0 aliphatic heterocycles. The predicted molar refractivity (Wildman–Crippen MR) is 120 cm³/mol. The third kappa shape index (κ3) is 8.56. The third-order valence-electron chi connectivity index (χ3n) is 4.28. The Bertz CT molecular complexity index is 1120. The Morgan fingerprint density at radius 3 is 2.53 bits per heavy atom. The summed E-state index contributed by atoms with van der Waals surface area (Å²) < 4.78 is 45.3. The van der Waals surface area contributed by atoms with Gasteiger partial charge in [0, 0.05) is 16.9 Å². The van der Waals surface area contributed by atoms with Gasteiger partial charge in [-0.1, -0.05) is 35.9 Å². The maximum Gasteiger partial charge on any atom is 0.573 e. The lowest BCUT2D eigenvalue weighted by Crippen LogP contribution is -2.26. The number of nitrogens with zero attached hydrogens (tertiary/aromatic N) is 1. The Balaban J connectivity index is 1.37. The van der Waals surface area contributed by atoms with Crippen molar-refractivity contribution < 1.29 is 32.2 Å². The van der Waals surface area contributed by atoms with Gasteiger partial charge >= 0.3 is 12.5 Å². The van der Waals surface area contributed by atoms with E-state index in [0.717, 1.165) is 17.7 Å². The number of alkyl halides is 3. The fourth-order valence-electron chi connectivity index (χ4n) is 2.73. The van der Waals surface area contributed by atoms with Crippen molar-refractivity contribution in [2.75, 3.05) is 6.54 Å². The van der Waals surface area contributed by atoms with E-state index in [1.807, 2.05) is 18.2 Å². The second-order valence-corrected chi connectivity index (χ2v) is 8.26. The van der Waals surface area contributed by atoms with Crippen LogP contribution in [0.25, 0.3) is 0 Å². The van der Waals surface area contributed by atoms with Gasteiger partial charge in [-0.25, -0.2) is 9.78 Å².